The molecule has 0 aliphatic carbocycles. The number of hydrogen-bond donors (Lipinski definition) is 2. The summed E-state index contributed by atoms with van der Waals surface area (Å²) in [6.07, 6.45) is 0. The molecule has 158 valence electrons. The molecule has 1 aliphatic rings. The number of para-hydroxylation sites is 2. The van der Waals surface area contributed by atoms with E-state index < -0.39 is 0 Å². The average Bonchev–Trinajstić information content (AvgIpc) is 2.74. The second-order valence-electron chi connectivity index (χ2n) is 7.40. The summed E-state index contributed by atoms with van der Waals surface area (Å²) in [5, 5.41) is 6.13. The predicted molar refractivity (Wildman–Crippen MR) is 133 cm³/mol. The van der Waals surface area contributed by atoms with E-state index in [0.717, 1.165) is 28.0 Å². The van der Waals surface area contributed by atoms with Crippen LogP contribution in [0.4, 0.5) is 11.4 Å². The molecule has 2 N–H and O–H groups in total. The minimum absolute atomic E-state index is 0.0135. The Bertz CT molecular complexity index is 925. The van der Waals surface area contributed by atoms with Crippen LogP contribution in [0.3, 0.4) is 0 Å². The van der Waals surface area contributed by atoms with Crippen molar-refractivity contribution in [3.63, 3.8) is 0 Å². The van der Waals surface area contributed by atoms with Crippen LogP contribution in [0.1, 0.15) is 24.2 Å². The Morgan fingerprint density at radius 3 is 2.27 bits per heavy atom. The van der Waals surface area contributed by atoms with Gasteiger partial charge < -0.3 is 15.1 Å². The molecule has 1 heterocycles. The van der Waals surface area contributed by atoms with E-state index >= 15 is 0 Å². The van der Waals surface area contributed by atoms with Gasteiger partial charge in [-0.05, 0) is 71.2 Å². The highest BCUT2D eigenvalue weighted by atomic mass is 127. The van der Waals surface area contributed by atoms with Crippen LogP contribution < -0.4 is 15.5 Å². The van der Waals surface area contributed by atoms with Gasteiger partial charge in [-0.2, -0.15) is 0 Å². The van der Waals surface area contributed by atoms with E-state index in [2.05, 4.69) is 38.1 Å². The van der Waals surface area contributed by atoms with Crippen molar-refractivity contribution < 1.29 is 9.59 Å². The molecule has 0 atom stereocenters. The van der Waals surface area contributed by atoms with E-state index in [9.17, 15) is 9.59 Å². The first kappa shape index (κ1) is 22.5. The molecule has 0 saturated carbocycles. The Hall–Kier alpha value is -2.20. The summed E-state index contributed by atoms with van der Waals surface area (Å²) in [5.41, 5.74) is 2.38. The van der Waals surface area contributed by atoms with Crippen LogP contribution in [-0.4, -0.2) is 48.0 Å². The summed E-state index contributed by atoms with van der Waals surface area (Å²) in [5.74, 6) is -0.0395. The van der Waals surface area contributed by atoms with Gasteiger partial charge in [0.1, 0.15) is 0 Å². The van der Waals surface area contributed by atoms with E-state index in [1.54, 1.807) is 12.1 Å². The van der Waals surface area contributed by atoms with Gasteiger partial charge in [-0.15, -0.1) is 0 Å². The minimum atomic E-state index is -0.248. The van der Waals surface area contributed by atoms with Crippen molar-refractivity contribution in [3.8, 4) is 0 Å². The molecule has 8 heteroatoms. The number of rotatable bonds is 4. The third-order valence-electron chi connectivity index (χ3n) is 4.91. The lowest BCUT2D eigenvalue weighted by molar-refractivity contribution is -0.134. The Kier molecular flexibility index (Phi) is 7.65. The molecule has 0 aromatic heterocycles. The van der Waals surface area contributed by atoms with Gasteiger partial charge in [0.25, 0.3) is 5.91 Å². The molecule has 1 fully saturated rings. The van der Waals surface area contributed by atoms with Crippen molar-refractivity contribution >= 4 is 63.1 Å². The topological polar surface area (TPSA) is 64.7 Å². The molecule has 2 amide bonds. The SMILES string of the molecule is CC(C)C(=O)N1CCN(c2ccccc2NC(=S)NC(=O)c2ccc(I)cc2)CC1. The highest BCUT2D eigenvalue weighted by molar-refractivity contribution is 14.1. The molecule has 1 aliphatic heterocycles. The number of thiocarbonyl (C=S) groups is 1. The number of nitrogens with zero attached hydrogens (tertiary/aromatic N) is 2. The van der Waals surface area contributed by atoms with Crippen LogP contribution in [0.2, 0.25) is 0 Å². The molecular weight excluding hydrogens is 511 g/mol. The van der Waals surface area contributed by atoms with Crippen molar-refractivity contribution in [1.29, 1.82) is 0 Å². The second kappa shape index (κ2) is 10.2. The average molecular weight is 536 g/mol. The van der Waals surface area contributed by atoms with Crippen LogP contribution in [-0.2, 0) is 4.79 Å². The maximum Gasteiger partial charge on any atom is 0.257 e. The van der Waals surface area contributed by atoms with Crippen LogP contribution in [0.5, 0.6) is 0 Å². The fourth-order valence-electron chi connectivity index (χ4n) is 3.32. The Labute approximate surface area is 196 Å². The predicted octanol–water partition coefficient (Wildman–Crippen LogP) is 3.72. The van der Waals surface area contributed by atoms with E-state index in [4.69, 9.17) is 12.2 Å². The maximum atomic E-state index is 12.4. The third kappa shape index (κ3) is 5.69. The quantitative estimate of drug-likeness (QED) is 0.461. The van der Waals surface area contributed by atoms with Gasteiger partial charge in [0.15, 0.2) is 5.11 Å². The first-order valence-electron chi connectivity index (χ1n) is 9.86. The van der Waals surface area contributed by atoms with Crippen LogP contribution in [0.15, 0.2) is 48.5 Å². The van der Waals surface area contributed by atoms with Crippen LogP contribution in [0, 0.1) is 9.49 Å². The monoisotopic (exact) mass is 536 g/mol. The van der Waals surface area contributed by atoms with Gasteiger partial charge in [0, 0.05) is 41.2 Å². The zero-order valence-electron chi connectivity index (χ0n) is 17.0. The summed E-state index contributed by atoms with van der Waals surface area (Å²) in [4.78, 5) is 28.8. The number of benzene rings is 2. The zero-order chi connectivity index (χ0) is 21.7. The van der Waals surface area contributed by atoms with Gasteiger partial charge in [0.05, 0.1) is 11.4 Å². The van der Waals surface area contributed by atoms with Crippen LogP contribution >= 0.6 is 34.8 Å². The van der Waals surface area contributed by atoms with Gasteiger partial charge in [-0.3, -0.25) is 14.9 Å². The highest BCUT2D eigenvalue weighted by Crippen LogP contribution is 2.27. The normalized spacial score (nSPS) is 13.9. The molecule has 30 heavy (non-hydrogen) atoms. The maximum absolute atomic E-state index is 12.4. The molecule has 2 aromatic carbocycles. The second-order valence-corrected chi connectivity index (χ2v) is 9.05. The number of nitrogens with one attached hydrogen (secondary N) is 2. The Balaban J connectivity index is 1.63. The van der Waals surface area contributed by atoms with E-state index in [0.29, 0.717) is 18.7 Å². The number of halogens is 1. The highest BCUT2D eigenvalue weighted by Gasteiger charge is 2.24. The van der Waals surface area contributed by atoms with E-state index in [1.165, 1.54) is 0 Å². The molecule has 0 unspecified atom stereocenters. The zero-order valence-corrected chi connectivity index (χ0v) is 20.0. The lowest BCUT2D eigenvalue weighted by Gasteiger charge is -2.37. The third-order valence-corrected chi connectivity index (χ3v) is 5.83. The number of carbonyl (C=O) groups excluding carboxylic acids is 2. The number of carbonyl (C=O) groups is 2. The largest absolute Gasteiger partial charge is 0.366 e. The fourth-order valence-corrected chi connectivity index (χ4v) is 3.88. The molecule has 3 rings (SSSR count). The number of hydrogen-bond acceptors (Lipinski definition) is 4. The Morgan fingerprint density at radius 2 is 1.63 bits per heavy atom. The van der Waals surface area contributed by atoms with Crippen molar-refractivity contribution in [3.05, 3.63) is 57.7 Å². The Morgan fingerprint density at radius 1 is 1.00 bits per heavy atom. The summed E-state index contributed by atoms with van der Waals surface area (Å²) in [6, 6.07) is 15.1. The molecule has 0 spiro atoms. The molecular formula is C22H25IN4O2S. The van der Waals surface area contributed by atoms with Gasteiger partial charge in [0.2, 0.25) is 5.91 Å². The van der Waals surface area contributed by atoms with Gasteiger partial charge in [-0.25, -0.2) is 0 Å². The summed E-state index contributed by atoms with van der Waals surface area (Å²) >= 11 is 7.56. The summed E-state index contributed by atoms with van der Waals surface area (Å²) in [7, 11) is 0. The molecule has 0 bridgehead atoms. The van der Waals surface area contributed by atoms with Crippen molar-refractivity contribution in [2.75, 3.05) is 36.4 Å². The lowest BCUT2D eigenvalue weighted by Crippen LogP contribution is -2.50. The number of piperazine rings is 1. The smallest absolute Gasteiger partial charge is 0.257 e. The molecule has 1 saturated heterocycles. The molecule has 2 aromatic rings. The van der Waals surface area contributed by atoms with Crippen molar-refractivity contribution in [2.24, 2.45) is 5.92 Å². The number of anilines is 2. The standard InChI is InChI=1S/C22H25IN4O2S/c1-15(2)21(29)27-13-11-26(12-14-27)19-6-4-3-5-18(19)24-22(30)25-20(28)16-7-9-17(23)10-8-16/h3-10,15H,11-14H2,1-2H3,(H2,24,25,28,30). The number of amides is 2. The summed E-state index contributed by atoms with van der Waals surface area (Å²) < 4.78 is 1.06. The van der Waals surface area contributed by atoms with Crippen molar-refractivity contribution in [1.82, 2.24) is 10.2 Å². The molecule has 0 radical (unpaired) electrons. The van der Waals surface area contributed by atoms with Gasteiger partial charge in [-0.1, -0.05) is 26.0 Å². The lowest BCUT2D eigenvalue weighted by atomic mass is 10.1. The first-order valence-corrected chi connectivity index (χ1v) is 11.3. The van der Waals surface area contributed by atoms with E-state index in [1.807, 2.05) is 55.1 Å². The minimum Gasteiger partial charge on any atom is -0.366 e. The van der Waals surface area contributed by atoms with E-state index in [-0.39, 0.29) is 22.8 Å². The fraction of sp³-hybridized carbons (Fsp3) is 0.318. The first-order chi connectivity index (χ1) is 14.3. The summed E-state index contributed by atoms with van der Waals surface area (Å²) in [6.45, 7) is 6.75. The van der Waals surface area contributed by atoms with Crippen LogP contribution in [0.25, 0.3) is 0 Å². The molecule has 6 nitrogen and oxygen atoms in total. The van der Waals surface area contributed by atoms with Gasteiger partial charge >= 0.3 is 0 Å². The van der Waals surface area contributed by atoms with Crippen molar-refractivity contribution in [2.45, 2.75) is 13.8 Å².